The second-order valence-corrected chi connectivity index (χ2v) is 7.08. The van der Waals surface area contributed by atoms with Gasteiger partial charge in [-0.25, -0.2) is 13.6 Å². The molecule has 0 aliphatic heterocycles. The number of ether oxygens (including phenoxy) is 2. The largest absolute Gasteiger partial charge is 0.457 e. The number of hydrogen-bond acceptors (Lipinski definition) is 5. The van der Waals surface area contributed by atoms with E-state index < -0.39 is 50.0 Å². The summed E-state index contributed by atoms with van der Waals surface area (Å²) in [5, 5.41) is 0. The monoisotopic (exact) mass is 442 g/mol. The van der Waals surface area contributed by atoms with Crippen LogP contribution in [0.25, 0.3) is 0 Å². The highest BCUT2D eigenvalue weighted by atomic mass is 32.2. The van der Waals surface area contributed by atoms with E-state index in [1.165, 1.54) is 12.1 Å². The van der Waals surface area contributed by atoms with E-state index in [0.29, 0.717) is 11.5 Å². The maximum Gasteiger partial charge on any atom is 0.343 e. The smallest absolute Gasteiger partial charge is 0.343 e. The van der Waals surface area contributed by atoms with Crippen LogP contribution >= 0.6 is 0 Å². The molecule has 0 aromatic heterocycles. The van der Waals surface area contributed by atoms with Crippen molar-refractivity contribution in [1.82, 2.24) is 0 Å². The number of esters is 1. The minimum atomic E-state index is -5.62. The third kappa shape index (κ3) is 4.26. The molecule has 156 valence electrons. The van der Waals surface area contributed by atoms with Crippen LogP contribution in [0.4, 0.5) is 17.6 Å². The molecule has 0 heterocycles. The minimum Gasteiger partial charge on any atom is -0.457 e. The van der Waals surface area contributed by atoms with Crippen LogP contribution < -0.4 is 9.47 Å². The standard InChI is InChI=1S/C19H10F4O6S/c20-13-15(22)18(30(25,26)27)16(23)14(21)17(13)29-19(24)10-6-8-12(9-7-10)28-11-4-2-1-3-5-11/h1-9H,(H,25,26,27). The highest BCUT2D eigenvalue weighted by Crippen LogP contribution is 2.33. The van der Waals surface area contributed by atoms with Crippen molar-refractivity contribution in [2.75, 3.05) is 0 Å². The molecule has 0 spiro atoms. The third-order valence-corrected chi connectivity index (χ3v) is 4.58. The molecule has 6 nitrogen and oxygen atoms in total. The summed E-state index contributed by atoms with van der Waals surface area (Å²) < 4.78 is 95.9. The van der Waals surface area contributed by atoms with Crippen LogP contribution in [-0.4, -0.2) is 18.9 Å². The summed E-state index contributed by atoms with van der Waals surface area (Å²) in [6, 6.07) is 13.6. The van der Waals surface area contributed by atoms with E-state index in [9.17, 15) is 30.8 Å². The van der Waals surface area contributed by atoms with Crippen LogP contribution in [0, 0.1) is 23.3 Å². The van der Waals surface area contributed by atoms with E-state index in [0.717, 1.165) is 12.1 Å². The van der Waals surface area contributed by atoms with Crippen molar-refractivity contribution in [2.24, 2.45) is 0 Å². The Kier molecular flexibility index (Phi) is 5.76. The number of halogens is 4. The van der Waals surface area contributed by atoms with Gasteiger partial charge in [0.1, 0.15) is 11.5 Å². The average Bonchev–Trinajstić information content (AvgIpc) is 2.70. The molecule has 0 radical (unpaired) electrons. The molecule has 1 N–H and O–H groups in total. The maximum absolute atomic E-state index is 14.0. The summed E-state index contributed by atoms with van der Waals surface area (Å²) >= 11 is 0. The lowest BCUT2D eigenvalue weighted by atomic mass is 10.2. The van der Waals surface area contributed by atoms with Crippen LogP contribution in [-0.2, 0) is 10.1 Å². The summed E-state index contributed by atoms with van der Waals surface area (Å²) in [5.74, 6) is -11.9. The molecular weight excluding hydrogens is 432 g/mol. The first-order valence-corrected chi connectivity index (χ1v) is 9.42. The Labute approximate surface area is 167 Å². The summed E-state index contributed by atoms with van der Waals surface area (Å²) in [7, 11) is -5.62. The van der Waals surface area contributed by atoms with Crippen LogP contribution in [0.3, 0.4) is 0 Å². The molecule has 0 aliphatic carbocycles. The van der Waals surface area contributed by atoms with Gasteiger partial charge in [-0.1, -0.05) is 18.2 Å². The van der Waals surface area contributed by atoms with Gasteiger partial charge in [-0.3, -0.25) is 4.55 Å². The molecule has 3 rings (SSSR count). The normalized spacial score (nSPS) is 11.2. The van der Waals surface area contributed by atoms with Crippen molar-refractivity contribution < 1.29 is 44.8 Å². The van der Waals surface area contributed by atoms with Crippen molar-refractivity contribution in [2.45, 2.75) is 4.90 Å². The van der Waals surface area contributed by atoms with Gasteiger partial charge >= 0.3 is 16.1 Å². The predicted octanol–water partition coefficient (Wildman–Crippen LogP) is 4.50. The topological polar surface area (TPSA) is 89.9 Å². The van der Waals surface area contributed by atoms with Crippen LogP contribution in [0.15, 0.2) is 59.5 Å². The Morgan fingerprint density at radius 1 is 0.767 bits per heavy atom. The fraction of sp³-hybridized carbons (Fsp3) is 0. The van der Waals surface area contributed by atoms with Gasteiger partial charge in [-0.2, -0.15) is 17.2 Å². The van der Waals surface area contributed by atoms with E-state index in [1.54, 1.807) is 30.3 Å². The van der Waals surface area contributed by atoms with Gasteiger partial charge in [0.15, 0.2) is 16.5 Å². The first-order chi connectivity index (χ1) is 14.1. The molecule has 0 bridgehead atoms. The first kappa shape index (κ1) is 21.3. The molecule has 30 heavy (non-hydrogen) atoms. The molecule has 0 aliphatic rings. The van der Waals surface area contributed by atoms with Gasteiger partial charge in [0.05, 0.1) is 5.56 Å². The van der Waals surface area contributed by atoms with Crippen molar-refractivity contribution in [1.29, 1.82) is 0 Å². The molecule has 11 heteroatoms. The van der Waals surface area contributed by atoms with Gasteiger partial charge in [0.2, 0.25) is 17.4 Å². The molecule has 0 amide bonds. The predicted molar refractivity (Wildman–Crippen MR) is 94.0 cm³/mol. The van der Waals surface area contributed by atoms with E-state index in [1.807, 2.05) is 0 Å². The van der Waals surface area contributed by atoms with Crippen LogP contribution in [0.5, 0.6) is 17.2 Å². The Hall–Kier alpha value is -3.44. The number of rotatable bonds is 5. The number of hydrogen-bond donors (Lipinski definition) is 1. The SMILES string of the molecule is O=C(Oc1c(F)c(F)c(S(=O)(=O)O)c(F)c1F)c1ccc(Oc2ccccc2)cc1. The maximum atomic E-state index is 14.0. The fourth-order valence-electron chi connectivity index (χ4n) is 2.34. The Balaban J connectivity index is 1.86. The fourth-order valence-corrected chi connectivity index (χ4v) is 2.97. The minimum absolute atomic E-state index is 0.256. The number of carbonyl (C=O) groups excluding carboxylic acids is 1. The lowest BCUT2D eigenvalue weighted by Gasteiger charge is -2.11. The van der Waals surface area contributed by atoms with E-state index >= 15 is 0 Å². The van der Waals surface area contributed by atoms with Gasteiger partial charge in [-0.15, -0.1) is 0 Å². The molecule has 3 aromatic rings. The zero-order valence-electron chi connectivity index (χ0n) is 14.6. The highest BCUT2D eigenvalue weighted by molar-refractivity contribution is 7.85. The zero-order valence-corrected chi connectivity index (χ0v) is 15.4. The molecule has 0 saturated carbocycles. The Bertz CT molecular complexity index is 1180. The molecule has 0 saturated heterocycles. The van der Waals surface area contributed by atoms with Crippen molar-refractivity contribution in [3.05, 3.63) is 83.4 Å². The second-order valence-electron chi connectivity index (χ2n) is 5.72. The van der Waals surface area contributed by atoms with Crippen molar-refractivity contribution in [3.63, 3.8) is 0 Å². The molecule has 0 unspecified atom stereocenters. The summed E-state index contributed by atoms with van der Waals surface area (Å²) in [6.45, 7) is 0. The van der Waals surface area contributed by atoms with E-state index in [2.05, 4.69) is 4.74 Å². The number of carbonyl (C=O) groups is 1. The van der Waals surface area contributed by atoms with Crippen molar-refractivity contribution in [3.8, 4) is 17.2 Å². The summed E-state index contributed by atoms with van der Waals surface area (Å²) in [6.07, 6.45) is 0. The zero-order chi connectivity index (χ0) is 22.1. The first-order valence-electron chi connectivity index (χ1n) is 7.98. The average molecular weight is 442 g/mol. The van der Waals surface area contributed by atoms with Crippen molar-refractivity contribution >= 4 is 16.1 Å². The van der Waals surface area contributed by atoms with Crippen LogP contribution in [0.2, 0.25) is 0 Å². The van der Waals surface area contributed by atoms with E-state index in [4.69, 9.17) is 9.29 Å². The third-order valence-electron chi connectivity index (χ3n) is 3.70. The number of benzene rings is 3. The number of para-hydroxylation sites is 1. The van der Waals surface area contributed by atoms with Gasteiger partial charge in [0.25, 0.3) is 0 Å². The Morgan fingerprint density at radius 3 is 1.77 bits per heavy atom. The Morgan fingerprint density at radius 2 is 1.27 bits per heavy atom. The summed E-state index contributed by atoms with van der Waals surface area (Å²) in [4.78, 5) is 9.85. The lowest BCUT2D eigenvalue weighted by molar-refractivity contribution is 0.0716. The highest BCUT2D eigenvalue weighted by Gasteiger charge is 2.34. The molecule has 3 aromatic carbocycles. The quantitative estimate of drug-likeness (QED) is 0.206. The van der Waals surface area contributed by atoms with Gasteiger partial charge in [0, 0.05) is 0 Å². The van der Waals surface area contributed by atoms with Gasteiger partial charge < -0.3 is 9.47 Å². The van der Waals surface area contributed by atoms with Gasteiger partial charge in [-0.05, 0) is 36.4 Å². The lowest BCUT2D eigenvalue weighted by Crippen LogP contribution is -2.15. The van der Waals surface area contributed by atoms with Crippen LogP contribution in [0.1, 0.15) is 10.4 Å². The molecule has 0 fully saturated rings. The molecular formula is C19H10F4O6S. The summed E-state index contributed by atoms with van der Waals surface area (Å²) in [5.41, 5.74) is -0.256. The van der Waals surface area contributed by atoms with E-state index in [-0.39, 0.29) is 5.56 Å². The molecule has 0 atom stereocenters. The second kappa shape index (κ2) is 8.13.